The Morgan fingerprint density at radius 1 is 1.18 bits per heavy atom. The van der Waals surface area contributed by atoms with Crippen LogP contribution in [0.2, 0.25) is 0 Å². The van der Waals surface area contributed by atoms with E-state index in [1.807, 2.05) is 30.3 Å². The molecule has 0 radical (unpaired) electrons. The standard InChI is InChI=1S/C15H10BrN3O2S/c16-11-4-2-5-12(8-11)18-14-9-17-15(22-14)10-3-1-6-13(7-10)19(20)21/h1-9,18H. The maximum Gasteiger partial charge on any atom is 0.270 e. The molecule has 0 saturated heterocycles. The number of nitrogens with zero attached hydrogens (tertiary/aromatic N) is 2. The smallest absolute Gasteiger partial charge is 0.270 e. The van der Waals surface area contributed by atoms with Gasteiger partial charge in [-0.2, -0.15) is 0 Å². The second kappa shape index (κ2) is 6.25. The van der Waals surface area contributed by atoms with Crippen molar-refractivity contribution < 1.29 is 4.92 Å². The molecule has 0 aliphatic rings. The molecule has 5 nitrogen and oxygen atoms in total. The van der Waals surface area contributed by atoms with Gasteiger partial charge in [0.15, 0.2) is 0 Å². The molecule has 3 rings (SSSR count). The van der Waals surface area contributed by atoms with Gasteiger partial charge in [0.2, 0.25) is 0 Å². The number of nitro groups is 1. The lowest BCUT2D eigenvalue weighted by molar-refractivity contribution is -0.384. The summed E-state index contributed by atoms with van der Waals surface area (Å²) >= 11 is 4.87. The first-order chi connectivity index (χ1) is 10.6. The number of benzene rings is 2. The van der Waals surface area contributed by atoms with Crippen molar-refractivity contribution in [3.05, 3.63) is 69.3 Å². The molecule has 1 heterocycles. The van der Waals surface area contributed by atoms with Gasteiger partial charge in [0.1, 0.15) is 10.0 Å². The highest BCUT2D eigenvalue weighted by Crippen LogP contribution is 2.32. The molecule has 1 N–H and O–H groups in total. The van der Waals surface area contributed by atoms with Crippen LogP contribution in [0.4, 0.5) is 16.4 Å². The Bertz CT molecular complexity index is 835. The van der Waals surface area contributed by atoms with Gasteiger partial charge < -0.3 is 5.32 Å². The number of nitrogens with one attached hydrogen (secondary N) is 1. The van der Waals surface area contributed by atoms with Crippen molar-refractivity contribution in [2.24, 2.45) is 0 Å². The molecule has 7 heteroatoms. The fraction of sp³-hybridized carbons (Fsp3) is 0. The Morgan fingerprint density at radius 3 is 2.77 bits per heavy atom. The summed E-state index contributed by atoms with van der Waals surface area (Å²) in [7, 11) is 0. The first-order valence-electron chi connectivity index (χ1n) is 6.35. The molecular formula is C15H10BrN3O2S. The first-order valence-corrected chi connectivity index (χ1v) is 7.96. The number of thiazole rings is 1. The van der Waals surface area contributed by atoms with Crippen LogP contribution in [0.25, 0.3) is 10.6 Å². The van der Waals surface area contributed by atoms with Crippen LogP contribution in [0, 0.1) is 10.1 Å². The number of hydrogen-bond donors (Lipinski definition) is 1. The van der Waals surface area contributed by atoms with Gasteiger partial charge >= 0.3 is 0 Å². The maximum atomic E-state index is 10.8. The van der Waals surface area contributed by atoms with Crippen molar-refractivity contribution in [1.29, 1.82) is 0 Å². The molecule has 0 saturated carbocycles. The molecule has 110 valence electrons. The quantitative estimate of drug-likeness (QED) is 0.500. The van der Waals surface area contributed by atoms with Crippen LogP contribution >= 0.6 is 27.3 Å². The molecule has 1 aromatic heterocycles. The molecule has 0 amide bonds. The Morgan fingerprint density at radius 2 is 2.00 bits per heavy atom. The Labute approximate surface area is 138 Å². The van der Waals surface area contributed by atoms with Crippen LogP contribution in [0.5, 0.6) is 0 Å². The van der Waals surface area contributed by atoms with E-state index < -0.39 is 4.92 Å². The largest absolute Gasteiger partial charge is 0.346 e. The van der Waals surface area contributed by atoms with Crippen LogP contribution < -0.4 is 5.32 Å². The zero-order valence-electron chi connectivity index (χ0n) is 11.2. The average molecular weight is 376 g/mol. The molecule has 2 aromatic carbocycles. The zero-order chi connectivity index (χ0) is 15.5. The van der Waals surface area contributed by atoms with Crippen LogP contribution in [-0.2, 0) is 0 Å². The summed E-state index contributed by atoms with van der Waals surface area (Å²) in [4.78, 5) is 14.8. The highest BCUT2D eigenvalue weighted by atomic mass is 79.9. The molecule has 0 bridgehead atoms. The normalized spacial score (nSPS) is 10.4. The molecule has 0 unspecified atom stereocenters. The summed E-state index contributed by atoms with van der Waals surface area (Å²) in [5, 5.41) is 15.7. The molecule has 0 spiro atoms. The number of aromatic nitrogens is 1. The van der Waals surface area contributed by atoms with E-state index in [1.54, 1.807) is 12.3 Å². The Kier molecular flexibility index (Phi) is 4.17. The van der Waals surface area contributed by atoms with Crippen molar-refractivity contribution in [3.63, 3.8) is 0 Å². The highest BCUT2D eigenvalue weighted by Gasteiger charge is 2.10. The van der Waals surface area contributed by atoms with Crippen molar-refractivity contribution >= 4 is 43.6 Å². The van der Waals surface area contributed by atoms with E-state index in [4.69, 9.17) is 0 Å². The number of non-ortho nitro benzene ring substituents is 1. The molecule has 0 aliphatic carbocycles. The first kappa shape index (κ1) is 14.7. The molecule has 0 aliphatic heterocycles. The second-order valence-electron chi connectivity index (χ2n) is 4.47. The third kappa shape index (κ3) is 3.32. The summed E-state index contributed by atoms with van der Waals surface area (Å²) in [5.74, 6) is 0. The Hall–Kier alpha value is -2.25. The third-order valence-corrected chi connectivity index (χ3v) is 4.36. The van der Waals surface area contributed by atoms with Crippen molar-refractivity contribution in [1.82, 2.24) is 4.98 Å². The third-order valence-electron chi connectivity index (χ3n) is 2.90. The molecule has 0 atom stereocenters. The van der Waals surface area contributed by atoms with Crippen LogP contribution in [0.3, 0.4) is 0 Å². The van der Waals surface area contributed by atoms with Crippen LogP contribution in [0.1, 0.15) is 0 Å². The van der Waals surface area contributed by atoms with Gasteiger partial charge in [-0.15, -0.1) is 0 Å². The fourth-order valence-corrected chi connectivity index (χ4v) is 3.16. The summed E-state index contributed by atoms with van der Waals surface area (Å²) in [6, 6.07) is 14.3. The predicted octanol–water partition coefficient (Wildman–Crippen LogP) is 5.22. The van der Waals surface area contributed by atoms with Gasteiger partial charge in [-0.25, -0.2) is 4.98 Å². The Balaban J connectivity index is 1.84. The van der Waals surface area contributed by atoms with Crippen LogP contribution in [-0.4, -0.2) is 9.91 Å². The topological polar surface area (TPSA) is 68.1 Å². The van der Waals surface area contributed by atoms with Gasteiger partial charge in [-0.1, -0.05) is 45.5 Å². The van der Waals surface area contributed by atoms with Gasteiger partial charge in [-0.05, 0) is 18.2 Å². The molecular weight excluding hydrogens is 366 g/mol. The van der Waals surface area contributed by atoms with Gasteiger partial charge in [-0.3, -0.25) is 10.1 Å². The maximum absolute atomic E-state index is 10.8. The summed E-state index contributed by atoms with van der Waals surface area (Å²) < 4.78 is 0.987. The van der Waals surface area contributed by atoms with Crippen molar-refractivity contribution in [3.8, 4) is 10.6 Å². The molecule has 22 heavy (non-hydrogen) atoms. The minimum Gasteiger partial charge on any atom is -0.346 e. The van der Waals surface area contributed by atoms with E-state index in [0.29, 0.717) is 0 Å². The lowest BCUT2D eigenvalue weighted by Crippen LogP contribution is -1.87. The average Bonchev–Trinajstić information content (AvgIpc) is 2.96. The van der Waals surface area contributed by atoms with E-state index in [-0.39, 0.29) is 5.69 Å². The number of rotatable bonds is 4. The van der Waals surface area contributed by atoms with E-state index in [1.165, 1.54) is 23.5 Å². The van der Waals surface area contributed by atoms with E-state index in [9.17, 15) is 10.1 Å². The van der Waals surface area contributed by atoms with Gasteiger partial charge in [0.25, 0.3) is 5.69 Å². The van der Waals surface area contributed by atoms with Crippen LogP contribution in [0.15, 0.2) is 59.2 Å². The number of halogens is 1. The number of nitro benzene ring substituents is 1. The highest BCUT2D eigenvalue weighted by molar-refractivity contribution is 9.10. The zero-order valence-corrected chi connectivity index (χ0v) is 13.6. The number of hydrogen-bond acceptors (Lipinski definition) is 5. The summed E-state index contributed by atoms with van der Waals surface area (Å²) in [6.45, 7) is 0. The minimum absolute atomic E-state index is 0.0641. The minimum atomic E-state index is -0.405. The lowest BCUT2D eigenvalue weighted by Gasteiger charge is -2.02. The van der Waals surface area contributed by atoms with Crippen molar-refractivity contribution in [2.75, 3.05) is 5.32 Å². The molecule has 0 fully saturated rings. The molecule has 3 aromatic rings. The summed E-state index contributed by atoms with van der Waals surface area (Å²) in [5.41, 5.74) is 1.75. The fourth-order valence-electron chi connectivity index (χ4n) is 1.93. The monoisotopic (exact) mass is 375 g/mol. The van der Waals surface area contributed by atoms with Crippen molar-refractivity contribution in [2.45, 2.75) is 0 Å². The number of anilines is 2. The van der Waals surface area contributed by atoms with E-state index in [2.05, 4.69) is 26.2 Å². The predicted molar refractivity (Wildman–Crippen MR) is 91.6 cm³/mol. The second-order valence-corrected chi connectivity index (χ2v) is 6.42. The lowest BCUT2D eigenvalue weighted by atomic mass is 10.2. The SMILES string of the molecule is O=[N+]([O-])c1cccc(-c2ncc(Nc3cccc(Br)c3)s2)c1. The van der Waals surface area contributed by atoms with Gasteiger partial charge in [0.05, 0.1) is 11.1 Å². The van der Waals surface area contributed by atoms with Gasteiger partial charge in [0, 0.05) is 27.9 Å². The van der Waals surface area contributed by atoms with E-state index >= 15 is 0 Å². The summed E-state index contributed by atoms with van der Waals surface area (Å²) in [6.07, 6.45) is 1.72. The van der Waals surface area contributed by atoms with E-state index in [0.717, 1.165) is 25.7 Å².